The molecule has 2 aromatic carbocycles. The van der Waals surface area contributed by atoms with Gasteiger partial charge in [0.25, 0.3) is 15.9 Å². The van der Waals surface area contributed by atoms with Crippen LogP contribution in [0.2, 0.25) is 0 Å². The zero-order valence-corrected chi connectivity index (χ0v) is 29.3. The average molecular weight is 718 g/mol. The first-order valence-corrected chi connectivity index (χ1v) is 18.1. The van der Waals surface area contributed by atoms with Gasteiger partial charge in [0, 0.05) is 43.0 Å². The molecule has 3 N–H and O–H groups in total. The number of thiophene rings is 1. The van der Waals surface area contributed by atoms with Crippen molar-refractivity contribution in [2.24, 2.45) is 7.05 Å². The number of carbonyl (C=O) groups is 1. The molecule has 1 fully saturated rings. The van der Waals surface area contributed by atoms with E-state index < -0.39 is 39.6 Å². The lowest BCUT2D eigenvalue weighted by Gasteiger charge is -2.42. The van der Waals surface area contributed by atoms with E-state index in [1.165, 1.54) is 12.1 Å². The van der Waals surface area contributed by atoms with Gasteiger partial charge in [-0.2, -0.15) is 18.3 Å². The number of anilines is 1. The second-order valence-corrected chi connectivity index (χ2v) is 16.1. The molecule has 3 atom stereocenters. The maximum atomic E-state index is 13.9. The van der Waals surface area contributed by atoms with Gasteiger partial charge in [-0.05, 0) is 88.1 Å². The molecule has 10 nitrogen and oxygen atoms in total. The minimum Gasteiger partial charge on any atom is -0.485 e. The summed E-state index contributed by atoms with van der Waals surface area (Å²) in [6.07, 6.45) is -4.31. The molecule has 0 radical (unpaired) electrons. The van der Waals surface area contributed by atoms with Crippen LogP contribution in [0.3, 0.4) is 0 Å². The van der Waals surface area contributed by atoms with E-state index >= 15 is 0 Å². The number of fused-ring (bicyclic) bond motifs is 1. The smallest absolute Gasteiger partial charge is 0.433 e. The number of likely N-dealkylation sites (tertiary alicyclic amines) is 1. The van der Waals surface area contributed by atoms with Gasteiger partial charge in [0.1, 0.15) is 33.1 Å². The SMILES string of the molecule is Cc1cccc(C)c1NC[C@H]1CCCN1C(=O)c1ccc2c(c1)[C@@H](NS(=O)(=O)c1ccc(-c3cc(C(F)(F)F)n(C)n3)s1)[C@H](O)C(C)(C)O2. The molecular weight excluding hydrogens is 680 g/mol. The largest absolute Gasteiger partial charge is 0.485 e. The molecule has 0 aliphatic carbocycles. The molecule has 4 heterocycles. The summed E-state index contributed by atoms with van der Waals surface area (Å²) in [5, 5.41) is 18.8. The molecular formula is C34H38F3N5O5S2. The first-order valence-electron chi connectivity index (χ1n) is 15.8. The van der Waals surface area contributed by atoms with Gasteiger partial charge < -0.3 is 20.1 Å². The summed E-state index contributed by atoms with van der Waals surface area (Å²) in [5.74, 6) is 0.0975. The predicted octanol–water partition coefficient (Wildman–Crippen LogP) is 6.05. The maximum absolute atomic E-state index is 13.9. The van der Waals surface area contributed by atoms with E-state index in [2.05, 4.69) is 15.1 Å². The summed E-state index contributed by atoms with van der Waals surface area (Å²) in [6.45, 7) is 8.46. The number of aryl methyl sites for hydroxylation is 3. The molecule has 49 heavy (non-hydrogen) atoms. The molecule has 0 bridgehead atoms. The van der Waals surface area contributed by atoms with Crippen LogP contribution in [-0.2, 0) is 23.2 Å². The predicted molar refractivity (Wildman–Crippen MR) is 180 cm³/mol. The Hall–Kier alpha value is -3.92. The third kappa shape index (κ3) is 6.81. The number of aliphatic hydroxyl groups excluding tert-OH is 1. The van der Waals surface area contributed by atoms with Crippen molar-refractivity contribution < 1.29 is 36.2 Å². The van der Waals surface area contributed by atoms with Crippen molar-refractivity contribution in [2.75, 3.05) is 18.4 Å². The highest BCUT2D eigenvalue weighted by atomic mass is 32.2. The highest BCUT2D eigenvalue weighted by Crippen LogP contribution is 2.42. The molecule has 15 heteroatoms. The number of nitrogens with zero attached hydrogens (tertiary/aromatic N) is 3. The number of ether oxygens (including phenoxy) is 1. The van der Waals surface area contributed by atoms with Gasteiger partial charge in [-0.15, -0.1) is 11.3 Å². The molecule has 0 saturated carbocycles. The van der Waals surface area contributed by atoms with E-state index in [0.717, 1.165) is 54.1 Å². The lowest BCUT2D eigenvalue weighted by atomic mass is 9.86. The molecule has 0 spiro atoms. The van der Waals surface area contributed by atoms with Gasteiger partial charge >= 0.3 is 6.18 Å². The lowest BCUT2D eigenvalue weighted by molar-refractivity contribution is -0.143. The number of alkyl halides is 3. The molecule has 4 aromatic rings. The number of hydrogen-bond donors (Lipinski definition) is 3. The Morgan fingerprint density at radius 2 is 1.84 bits per heavy atom. The molecule has 1 amide bonds. The van der Waals surface area contributed by atoms with E-state index in [0.29, 0.717) is 34.6 Å². The summed E-state index contributed by atoms with van der Waals surface area (Å²) in [4.78, 5) is 16.0. The Balaban J connectivity index is 1.25. The number of rotatable bonds is 8. The average Bonchev–Trinajstić information content (AvgIpc) is 3.78. The Labute approximate surface area is 286 Å². The monoisotopic (exact) mass is 717 g/mol. The maximum Gasteiger partial charge on any atom is 0.433 e. The van der Waals surface area contributed by atoms with Crippen molar-refractivity contribution in [3.63, 3.8) is 0 Å². The van der Waals surface area contributed by atoms with Crippen LogP contribution in [0.25, 0.3) is 10.6 Å². The number of carbonyl (C=O) groups excluding carboxylic acids is 1. The van der Waals surface area contributed by atoms with Crippen LogP contribution in [0, 0.1) is 13.8 Å². The zero-order chi connectivity index (χ0) is 35.5. The fraction of sp³-hybridized carbons (Fsp3) is 0.412. The number of para-hydroxylation sites is 1. The van der Waals surface area contributed by atoms with Crippen molar-refractivity contribution in [3.8, 4) is 16.3 Å². The van der Waals surface area contributed by atoms with Crippen molar-refractivity contribution in [1.29, 1.82) is 0 Å². The van der Waals surface area contributed by atoms with Crippen LogP contribution < -0.4 is 14.8 Å². The summed E-state index contributed by atoms with van der Waals surface area (Å²) >= 11 is 0.753. The van der Waals surface area contributed by atoms with Gasteiger partial charge in [0.05, 0.1) is 10.9 Å². The van der Waals surface area contributed by atoms with Gasteiger partial charge in [0.15, 0.2) is 0 Å². The Bertz CT molecular complexity index is 1990. The number of hydrogen-bond acceptors (Lipinski definition) is 8. The van der Waals surface area contributed by atoms with Gasteiger partial charge in [-0.3, -0.25) is 9.48 Å². The van der Waals surface area contributed by atoms with Crippen molar-refractivity contribution in [1.82, 2.24) is 19.4 Å². The molecule has 262 valence electrons. The zero-order valence-electron chi connectivity index (χ0n) is 27.6. The minimum atomic E-state index is -4.62. The number of amides is 1. The number of aliphatic hydroxyl groups is 1. The van der Waals surface area contributed by atoms with Crippen LogP contribution in [-0.4, -0.2) is 64.9 Å². The number of halogens is 3. The van der Waals surface area contributed by atoms with E-state index in [-0.39, 0.29) is 26.7 Å². The highest BCUT2D eigenvalue weighted by Gasteiger charge is 2.45. The first-order chi connectivity index (χ1) is 23.0. The number of nitrogens with one attached hydrogen (secondary N) is 2. The van der Waals surface area contributed by atoms with E-state index in [1.54, 1.807) is 32.0 Å². The topological polar surface area (TPSA) is 126 Å². The van der Waals surface area contributed by atoms with Gasteiger partial charge in [-0.1, -0.05) is 18.2 Å². The van der Waals surface area contributed by atoms with Crippen LogP contribution in [0.15, 0.2) is 58.8 Å². The molecule has 6 rings (SSSR count). The molecule has 2 aliphatic heterocycles. The second kappa shape index (κ2) is 12.8. The molecule has 0 unspecified atom stereocenters. The Kier molecular flexibility index (Phi) is 9.09. The van der Waals surface area contributed by atoms with E-state index in [1.807, 2.05) is 36.9 Å². The third-order valence-electron chi connectivity index (χ3n) is 9.18. The minimum absolute atomic E-state index is 0.0218. The normalized spacial score (nSPS) is 20.6. The molecule has 2 aromatic heterocycles. The van der Waals surface area contributed by atoms with Crippen molar-refractivity contribution in [2.45, 2.75) is 74.7 Å². The van der Waals surface area contributed by atoms with Crippen LogP contribution >= 0.6 is 11.3 Å². The van der Waals surface area contributed by atoms with Crippen LogP contribution in [0.5, 0.6) is 5.75 Å². The van der Waals surface area contributed by atoms with Crippen LogP contribution in [0.4, 0.5) is 18.9 Å². The summed E-state index contributed by atoms with van der Waals surface area (Å²) in [5.41, 5.74) is 1.71. The lowest BCUT2D eigenvalue weighted by Crippen LogP contribution is -2.53. The van der Waals surface area contributed by atoms with Gasteiger partial charge in [0.2, 0.25) is 0 Å². The summed E-state index contributed by atoms with van der Waals surface area (Å²) < 4.78 is 76.6. The quantitative estimate of drug-likeness (QED) is 0.203. The number of aromatic nitrogens is 2. The Morgan fingerprint density at radius 3 is 2.51 bits per heavy atom. The summed E-state index contributed by atoms with van der Waals surface area (Å²) in [7, 11) is -3.15. The number of benzene rings is 2. The molecule has 1 saturated heterocycles. The summed E-state index contributed by atoms with van der Waals surface area (Å²) in [6, 6.07) is 13.2. The molecule has 2 aliphatic rings. The second-order valence-electron chi connectivity index (χ2n) is 13.1. The van der Waals surface area contributed by atoms with Crippen LogP contribution in [0.1, 0.15) is 65.5 Å². The van der Waals surface area contributed by atoms with E-state index in [9.17, 15) is 31.5 Å². The van der Waals surface area contributed by atoms with Crippen molar-refractivity contribution >= 4 is 33.0 Å². The van der Waals surface area contributed by atoms with Gasteiger partial charge in [-0.25, -0.2) is 13.1 Å². The number of sulfonamides is 1. The van der Waals surface area contributed by atoms with Crippen molar-refractivity contribution in [3.05, 3.63) is 82.5 Å². The third-order valence-corrected chi connectivity index (χ3v) is 12.2. The fourth-order valence-corrected chi connectivity index (χ4v) is 9.03. The Morgan fingerprint density at radius 1 is 1.12 bits per heavy atom. The standard InChI is InChI=1S/C34H38F3N5O5S2/c1-19-8-6-9-20(2)29(19)38-18-22-10-7-15-42(22)32(44)21-11-12-25-23(16-21)30(31(43)33(3,4)47-25)40-49(45,46)28-14-13-26(48-28)24-17-27(34(35,36)37)41(5)39-24/h6,8-9,11-14,16-17,22,30-31,38,40,43H,7,10,15,18H2,1-5H3/t22-,30-,31+/m1/s1. The fourth-order valence-electron chi connectivity index (χ4n) is 6.54. The first kappa shape index (κ1) is 34.9. The van der Waals surface area contributed by atoms with E-state index in [4.69, 9.17) is 4.74 Å². The highest BCUT2D eigenvalue weighted by molar-refractivity contribution is 7.91.